The van der Waals surface area contributed by atoms with Gasteiger partial charge in [0.15, 0.2) is 0 Å². The van der Waals surface area contributed by atoms with Gasteiger partial charge >= 0.3 is 0 Å². The summed E-state index contributed by atoms with van der Waals surface area (Å²) >= 11 is 0. The molecule has 2 unspecified atom stereocenters. The van der Waals surface area contributed by atoms with Crippen molar-refractivity contribution in [3.8, 4) is 0 Å². The lowest BCUT2D eigenvalue weighted by atomic mass is 9.86. The Morgan fingerprint density at radius 1 is 0.935 bits per heavy atom. The lowest BCUT2D eigenvalue weighted by Gasteiger charge is -2.42. The van der Waals surface area contributed by atoms with Crippen LogP contribution in [0.5, 0.6) is 0 Å². The van der Waals surface area contributed by atoms with E-state index < -0.39 is 10.0 Å². The summed E-state index contributed by atoms with van der Waals surface area (Å²) in [5, 5.41) is -0.110. The molecule has 2 aliphatic heterocycles. The monoisotopic (exact) mass is 436 g/mol. The van der Waals surface area contributed by atoms with Gasteiger partial charge < -0.3 is 0 Å². The van der Waals surface area contributed by atoms with Gasteiger partial charge in [0.1, 0.15) is 0 Å². The van der Waals surface area contributed by atoms with Crippen LogP contribution in [-0.4, -0.2) is 55.1 Å². The fourth-order valence-corrected chi connectivity index (χ4v) is 8.01. The Bertz CT molecular complexity index is 1050. The number of nitrogens with zero attached hydrogens (tertiary/aromatic N) is 2. The van der Waals surface area contributed by atoms with E-state index in [2.05, 4.69) is 53.4 Å². The minimum atomic E-state index is -3.06. The Balaban J connectivity index is 1.23. The molecule has 3 fully saturated rings. The molecule has 1 saturated carbocycles. The van der Waals surface area contributed by atoms with Crippen LogP contribution >= 0.6 is 0 Å². The van der Waals surface area contributed by atoms with E-state index in [-0.39, 0.29) is 5.25 Å². The van der Waals surface area contributed by atoms with Crippen LogP contribution in [-0.2, 0) is 22.9 Å². The Hall–Kier alpha value is -1.69. The van der Waals surface area contributed by atoms with E-state index in [9.17, 15) is 8.42 Å². The average Bonchev–Trinajstić information content (AvgIpc) is 2.95. The third-order valence-corrected chi connectivity index (χ3v) is 10.6. The third kappa shape index (κ3) is 3.46. The second-order valence-corrected chi connectivity index (χ2v) is 12.2. The summed E-state index contributed by atoms with van der Waals surface area (Å²) in [7, 11) is -3.06. The molecule has 2 aromatic rings. The molecule has 4 nitrogen and oxygen atoms in total. The summed E-state index contributed by atoms with van der Waals surface area (Å²) in [5.41, 5.74) is 5.76. The van der Waals surface area contributed by atoms with E-state index in [4.69, 9.17) is 0 Å². The molecule has 2 atom stereocenters. The van der Waals surface area contributed by atoms with Gasteiger partial charge in [-0.25, -0.2) is 12.7 Å². The average molecular weight is 437 g/mol. The van der Waals surface area contributed by atoms with Gasteiger partial charge in [-0.15, -0.1) is 0 Å². The molecule has 31 heavy (non-hydrogen) atoms. The summed E-state index contributed by atoms with van der Waals surface area (Å²) in [5.74, 6) is 0.883. The van der Waals surface area contributed by atoms with Crippen molar-refractivity contribution in [3.63, 3.8) is 0 Å². The maximum Gasteiger partial charge on any atom is 0.217 e. The van der Waals surface area contributed by atoms with Crippen molar-refractivity contribution < 1.29 is 8.42 Å². The van der Waals surface area contributed by atoms with E-state index >= 15 is 0 Å². The van der Waals surface area contributed by atoms with Crippen molar-refractivity contribution in [1.29, 1.82) is 0 Å². The SMILES string of the molecule is O=S(=O)(C1CCC1)N1CC(c2ccc3c(c2)C(Cc2ccccc2)C(N2CCC2)C3)C1. The zero-order valence-electron chi connectivity index (χ0n) is 18.1. The molecule has 0 radical (unpaired) electrons. The molecular formula is C26H32N2O2S. The molecule has 6 rings (SSSR count). The summed E-state index contributed by atoms with van der Waals surface area (Å²) in [6.07, 6.45) is 6.32. The van der Waals surface area contributed by atoms with Crippen LogP contribution in [0.3, 0.4) is 0 Å². The maximum absolute atomic E-state index is 12.7. The fraction of sp³-hybridized carbons (Fsp3) is 0.538. The summed E-state index contributed by atoms with van der Waals surface area (Å²) < 4.78 is 27.1. The molecule has 164 valence electrons. The van der Waals surface area contributed by atoms with Crippen molar-refractivity contribution in [2.45, 2.75) is 61.7 Å². The van der Waals surface area contributed by atoms with Crippen molar-refractivity contribution >= 4 is 10.0 Å². The molecule has 2 aliphatic carbocycles. The maximum atomic E-state index is 12.7. The number of hydrogen-bond donors (Lipinski definition) is 0. The normalized spacial score (nSPS) is 27.4. The first-order valence-electron chi connectivity index (χ1n) is 12.0. The molecule has 5 heteroatoms. The van der Waals surface area contributed by atoms with E-state index in [1.54, 1.807) is 4.31 Å². The lowest BCUT2D eigenvalue weighted by Crippen LogP contribution is -2.52. The highest BCUT2D eigenvalue weighted by atomic mass is 32.2. The first-order chi connectivity index (χ1) is 15.1. The standard InChI is InChI=1S/C26H32N2O2S/c29-31(30,23-8-4-9-23)28-17-22(18-28)20-10-11-21-16-26(27-12-5-13-27)25(24(21)15-20)14-19-6-2-1-3-7-19/h1-3,6-7,10-11,15,22-23,25-26H,4-5,8-9,12-14,16-18H2. The molecule has 2 heterocycles. The number of hydrogen-bond acceptors (Lipinski definition) is 3. The quantitative estimate of drug-likeness (QED) is 0.689. The third-order valence-electron chi connectivity index (χ3n) is 8.27. The van der Waals surface area contributed by atoms with Crippen LogP contribution in [0.4, 0.5) is 0 Å². The highest BCUT2D eigenvalue weighted by Gasteiger charge is 2.44. The van der Waals surface area contributed by atoms with E-state index in [0.717, 1.165) is 32.1 Å². The van der Waals surface area contributed by atoms with Crippen LogP contribution in [0.25, 0.3) is 0 Å². The second kappa shape index (κ2) is 7.72. The Labute approximate surface area is 186 Å². The van der Waals surface area contributed by atoms with E-state index in [0.29, 0.717) is 31.0 Å². The van der Waals surface area contributed by atoms with Gasteiger partial charge in [-0.3, -0.25) is 4.90 Å². The molecule has 0 amide bonds. The number of likely N-dealkylation sites (tertiary alicyclic amines) is 1. The molecule has 0 aromatic heterocycles. The first-order valence-corrected chi connectivity index (χ1v) is 13.5. The Kier molecular flexibility index (Phi) is 4.97. The highest BCUT2D eigenvalue weighted by Crippen LogP contribution is 2.43. The van der Waals surface area contributed by atoms with Crippen LogP contribution in [0.1, 0.15) is 59.8 Å². The number of rotatable bonds is 6. The molecule has 0 bridgehead atoms. The minimum Gasteiger partial charge on any atom is -0.299 e. The largest absolute Gasteiger partial charge is 0.299 e. The van der Waals surface area contributed by atoms with Crippen LogP contribution in [0.15, 0.2) is 48.5 Å². The van der Waals surface area contributed by atoms with Gasteiger partial charge in [0.05, 0.1) is 5.25 Å². The van der Waals surface area contributed by atoms with Crippen molar-refractivity contribution in [2.75, 3.05) is 26.2 Å². The van der Waals surface area contributed by atoms with Gasteiger partial charge in [-0.05, 0) is 67.4 Å². The van der Waals surface area contributed by atoms with E-state index in [1.165, 1.54) is 41.8 Å². The van der Waals surface area contributed by atoms with Crippen LogP contribution in [0, 0.1) is 0 Å². The lowest BCUT2D eigenvalue weighted by molar-refractivity contribution is 0.106. The molecule has 4 aliphatic rings. The molecule has 2 aromatic carbocycles. The van der Waals surface area contributed by atoms with Crippen LogP contribution < -0.4 is 0 Å². The minimum absolute atomic E-state index is 0.110. The topological polar surface area (TPSA) is 40.6 Å². The van der Waals surface area contributed by atoms with Crippen molar-refractivity contribution in [3.05, 3.63) is 70.8 Å². The number of sulfonamides is 1. The fourth-order valence-electron chi connectivity index (χ4n) is 5.88. The van der Waals surface area contributed by atoms with Gasteiger partial charge in [-0.1, -0.05) is 55.0 Å². The number of benzene rings is 2. The Morgan fingerprint density at radius 2 is 1.71 bits per heavy atom. The number of fused-ring (bicyclic) bond motifs is 1. The smallest absolute Gasteiger partial charge is 0.217 e. The van der Waals surface area contributed by atoms with Crippen molar-refractivity contribution in [1.82, 2.24) is 9.21 Å². The summed E-state index contributed by atoms with van der Waals surface area (Å²) in [6.45, 7) is 3.79. The second-order valence-electron chi connectivity index (χ2n) is 10.0. The summed E-state index contributed by atoms with van der Waals surface area (Å²) in [4.78, 5) is 2.67. The molecular weight excluding hydrogens is 404 g/mol. The van der Waals surface area contributed by atoms with E-state index in [1.807, 2.05) is 0 Å². The first kappa shape index (κ1) is 20.0. The molecule has 0 spiro atoms. The van der Waals surface area contributed by atoms with Gasteiger partial charge in [0, 0.05) is 31.0 Å². The molecule has 2 saturated heterocycles. The van der Waals surface area contributed by atoms with Crippen LogP contribution in [0.2, 0.25) is 0 Å². The van der Waals surface area contributed by atoms with Crippen molar-refractivity contribution in [2.24, 2.45) is 0 Å². The predicted octanol–water partition coefficient (Wildman–Crippen LogP) is 3.92. The Morgan fingerprint density at radius 3 is 2.35 bits per heavy atom. The summed E-state index contributed by atoms with van der Waals surface area (Å²) in [6, 6.07) is 18.5. The zero-order chi connectivity index (χ0) is 21.0. The van der Waals surface area contributed by atoms with Gasteiger partial charge in [0.2, 0.25) is 10.0 Å². The zero-order valence-corrected chi connectivity index (χ0v) is 18.9. The highest BCUT2D eigenvalue weighted by molar-refractivity contribution is 7.89. The predicted molar refractivity (Wildman–Crippen MR) is 124 cm³/mol. The van der Waals surface area contributed by atoms with Gasteiger partial charge in [-0.2, -0.15) is 0 Å². The molecule has 0 N–H and O–H groups in total. The van der Waals surface area contributed by atoms with Gasteiger partial charge in [0.25, 0.3) is 0 Å².